The molecular formula is C24H32N4. The minimum absolute atomic E-state index is 0. The lowest BCUT2D eigenvalue weighted by Gasteiger charge is -2.46. The molecule has 2 aromatic heterocycles. The van der Waals surface area contributed by atoms with Crippen LogP contribution < -0.4 is 5.32 Å². The van der Waals surface area contributed by atoms with Gasteiger partial charge in [0.05, 0.1) is 11.4 Å². The lowest BCUT2D eigenvalue weighted by molar-refractivity contribution is 0.0674. The van der Waals surface area contributed by atoms with Gasteiger partial charge in [-0.2, -0.15) is 0 Å². The molecule has 0 radical (unpaired) electrons. The molecule has 1 aromatic carbocycles. The summed E-state index contributed by atoms with van der Waals surface area (Å²) in [5, 5.41) is 3.66. The number of rotatable bonds is 4. The molecule has 6 rings (SSSR count). The molecule has 2 atom stereocenters. The Labute approximate surface area is 168 Å². The minimum atomic E-state index is 0. The van der Waals surface area contributed by atoms with Crippen LogP contribution in [0, 0.1) is 0 Å². The maximum absolute atomic E-state index is 5.01. The van der Waals surface area contributed by atoms with E-state index in [0.717, 1.165) is 31.0 Å². The van der Waals surface area contributed by atoms with E-state index in [9.17, 15) is 0 Å². The zero-order valence-corrected chi connectivity index (χ0v) is 16.2. The zero-order chi connectivity index (χ0) is 18.4. The Morgan fingerprint density at radius 3 is 2.57 bits per heavy atom. The smallest absolute Gasteiger partial charge is 0.137 e. The number of piperidine rings is 2. The fourth-order valence-corrected chi connectivity index (χ4v) is 4.64. The topological polar surface area (TPSA) is 32.6 Å². The number of nitrogens with zero attached hydrogens (tertiary/aromatic N) is 3. The van der Waals surface area contributed by atoms with E-state index in [1.54, 1.807) is 0 Å². The van der Waals surface area contributed by atoms with Crippen LogP contribution in [0.25, 0.3) is 16.9 Å². The molecule has 4 nitrogen and oxygen atoms in total. The number of pyridine rings is 1. The van der Waals surface area contributed by atoms with Crippen molar-refractivity contribution in [2.75, 3.05) is 13.1 Å². The van der Waals surface area contributed by atoms with Gasteiger partial charge in [0.25, 0.3) is 0 Å². The van der Waals surface area contributed by atoms with Crippen molar-refractivity contribution in [1.29, 1.82) is 0 Å². The van der Waals surface area contributed by atoms with Crippen LogP contribution in [0.4, 0.5) is 0 Å². The fraction of sp³-hybridized carbons (Fsp3) is 0.458. The lowest BCUT2D eigenvalue weighted by atomic mass is 9.92. The van der Waals surface area contributed by atoms with Gasteiger partial charge in [-0.05, 0) is 36.5 Å². The van der Waals surface area contributed by atoms with Crippen LogP contribution in [0.1, 0.15) is 51.3 Å². The van der Waals surface area contributed by atoms with Crippen molar-refractivity contribution in [2.24, 2.45) is 0 Å². The molecule has 4 heteroatoms. The van der Waals surface area contributed by atoms with Crippen LogP contribution in [-0.2, 0) is 6.54 Å². The summed E-state index contributed by atoms with van der Waals surface area (Å²) in [4.78, 5) is 7.67. The van der Waals surface area contributed by atoms with E-state index in [1.165, 1.54) is 29.7 Å². The molecule has 2 bridgehead atoms. The predicted octanol–water partition coefficient (Wildman–Crippen LogP) is 4.70. The van der Waals surface area contributed by atoms with E-state index < -0.39 is 0 Å². The molecular weight excluding hydrogens is 344 g/mol. The second kappa shape index (κ2) is 7.69. The first-order valence-electron chi connectivity index (χ1n) is 10.2. The van der Waals surface area contributed by atoms with Crippen molar-refractivity contribution < 1.29 is 0 Å². The van der Waals surface area contributed by atoms with Gasteiger partial charge in [-0.25, -0.2) is 4.98 Å². The molecule has 3 saturated heterocycles. The summed E-state index contributed by atoms with van der Waals surface area (Å²) in [5.41, 5.74) is 6.08. The third-order valence-electron chi connectivity index (χ3n) is 6.29. The van der Waals surface area contributed by atoms with Crippen LogP contribution in [0.2, 0.25) is 0 Å². The summed E-state index contributed by atoms with van der Waals surface area (Å²) in [6.07, 6.45) is 4.79. The number of hydrogen-bond donors (Lipinski definition) is 1. The van der Waals surface area contributed by atoms with Gasteiger partial charge in [-0.3, -0.25) is 4.90 Å². The largest absolute Gasteiger partial charge is 0.311 e. The number of nitrogens with one attached hydrogen (secondary N) is 1. The number of fused-ring (bicyclic) bond motifs is 4. The lowest BCUT2D eigenvalue weighted by Crippen LogP contribution is -2.60. The third-order valence-corrected chi connectivity index (χ3v) is 6.29. The van der Waals surface area contributed by atoms with Crippen LogP contribution in [-0.4, -0.2) is 39.5 Å². The van der Waals surface area contributed by atoms with Gasteiger partial charge in [0.1, 0.15) is 5.65 Å². The van der Waals surface area contributed by atoms with Crippen LogP contribution in [0.3, 0.4) is 0 Å². The summed E-state index contributed by atoms with van der Waals surface area (Å²) >= 11 is 0. The molecule has 3 fully saturated rings. The maximum atomic E-state index is 5.01. The normalized spacial score (nSPS) is 22.0. The second-order valence-corrected chi connectivity index (χ2v) is 8.38. The van der Waals surface area contributed by atoms with Gasteiger partial charge in [-0.1, -0.05) is 51.6 Å². The molecule has 28 heavy (non-hydrogen) atoms. The van der Waals surface area contributed by atoms with E-state index in [-0.39, 0.29) is 7.43 Å². The highest BCUT2D eigenvalue weighted by atomic mass is 15.3. The number of benzene rings is 1. The zero-order valence-electron chi connectivity index (χ0n) is 16.2. The minimum Gasteiger partial charge on any atom is -0.311 e. The Hall–Kier alpha value is -2.17. The SMILES string of the molecule is C.CC(C)c1ccc(-c2nc3ccccn3c2CN2CC3CCC2CN3)cc1. The van der Waals surface area contributed by atoms with Crippen molar-refractivity contribution in [3.05, 3.63) is 59.9 Å². The summed E-state index contributed by atoms with van der Waals surface area (Å²) in [6.45, 7) is 7.72. The Balaban J connectivity index is 0.00000192. The summed E-state index contributed by atoms with van der Waals surface area (Å²) in [5.74, 6) is 0.552. The first-order valence-corrected chi connectivity index (χ1v) is 10.2. The Morgan fingerprint density at radius 1 is 1.11 bits per heavy atom. The average molecular weight is 377 g/mol. The van der Waals surface area contributed by atoms with Crippen LogP contribution in [0.15, 0.2) is 48.7 Å². The summed E-state index contributed by atoms with van der Waals surface area (Å²) in [6, 6.07) is 16.6. The quantitative estimate of drug-likeness (QED) is 0.716. The molecule has 0 saturated carbocycles. The number of piperazine rings is 1. The van der Waals surface area contributed by atoms with Crippen LogP contribution in [0.5, 0.6) is 0 Å². The van der Waals surface area contributed by atoms with E-state index in [4.69, 9.17) is 4.98 Å². The van der Waals surface area contributed by atoms with E-state index in [0.29, 0.717) is 18.0 Å². The number of hydrogen-bond acceptors (Lipinski definition) is 3. The first kappa shape index (κ1) is 19.2. The van der Waals surface area contributed by atoms with E-state index in [1.807, 2.05) is 0 Å². The van der Waals surface area contributed by atoms with Gasteiger partial charge >= 0.3 is 0 Å². The fourth-order valence-electron chi connectivity index (χ4n) is 4.64. The molecule has 3 aliphatic heterocycles. The molecule has 0 spiro atoms. The van der Waals surface area contributed by atoms with Crippen LogP contribution >= 0.6 is 0 Å². The van der Waals surface area contributed by atoms with E-state index >= 15 is 0 Å². The highest BCUT2D eigenvalue weighted by Crippen LogP contribution is 2.30. The highest BCUT2D eigenvalue weighted by Gasteiger charge is 2.34. The van der Waals surface area contributed by atoms with Crippen molar-refractivity contribution in [1.82, 2.24) is 19.6 Å². The van der Waals surface area contributed by atoms with Gasteiger partial charge < -0.3 is 9.72 Å². The Kier molecular flexibility index (Phi) is 5.26. The first-order chi connectivity index (χ1) is 13.2. The molecule has 2 unspecified atom stereocenters. The summed E-state index contributed by atoms with van der Waals surface area (Å²) in [7, 11) is 0. The monoisotopic (exact) mass is 376 g/mol. The Morgan fingerprint density at radius 2 is 1.93 bits per heavy atom. The van der Waals surface area contributed by atoms with Gasteiger partial charge in [0, 0.05) is 43.5 Å². The third kappa shape index (κ3) is 3.36. The number of aromatic nitrogens is 2. The van der Waals surface area contributed by atoms with Gasteiger partial charge in [-0.15, -0.1) is 0 Å². The molecule has 5 heterocycles. The van der Waals surface area contributed by atoms with E-state index in [2.05, 4.69) is 77.1 Å². The molecule has 148 valence electrons. The molecule has 3 aliphatic rings. The van der Waals surface area contributed by atoms with Crippen molar-refractivity contribution in [2.45, 2.75) is 58.7 Å². The summed E-state index contributed by atoms with van der Waals surface area (Å²) < 4.78 is 2.28. The van der Waals surface area contributed by atoms with Crippen molar-refractivity contribution in [3.63, 3.8) is 0 Å². The predicted molar refractivity (Wildman–Crippen MR) is 117 cm³/mol. The van der Waals surface area contributed by atoms with Crippen molar-refractivity contribution in [3.8, 4) is 11.3 Å². The molecule has 1 N–H and O–H groups in total. The average Bonchev–Trinajstić information content (AvgIpc) is 3.07. The standard InChI is InChI=1S/C23H28N4.CH4/c1-16(2)17-6-8-18(9-7-17)23-21(27-12-4-3-5-22(27)25-23)15-26-14-19-10-11-20(26)13-24-19;/h3-9,12,16,19-20,24H,10-11,13-15H2,1-2H3;1H4. The molecule has 3 aromatic rings. The molecule has 0 amide bonds. The Bertz CT molecular complexity index is 933. The van der Waals surface area contributed by atoms with Crippen molar-refractivity contribution >= 4 is 5.65 Å². The van der Waals surface area contributed by atoms with Gasteiger partial charge in [0.15, 0.2) is 0 Å². The highest BCUT2D eigenvalue weighted by molar-refractivity contribution is 5.67. The van der Waals surface area contributed by atoms with Gasteiger partial charge in [0.2, 0.25) is 0 Å². The maximum Gasteiger partial charge on any atom is 0.137 e. The molecule has 0 aliphatic carbocycles. The number of imidazole rings is 1. The second-order valence-electron chi connectivity index (χ2n) is 8.38.